The maximum atomic E-state index is 14.2. The first-order chi connectivity index (χ1) is 20.1. The van der Waals surface area contributed by atoms with E-state index in [4.69, 9.17) is 34.8 Å². The molecule has 0 radical (unpaired) electrons. The monoisotopic (exact) mass is 643 g/mol. The van der Waals surface area contributed by atoms with Crippen molar-refractivity contribution in [3.05, 3.63) is 129 Å². The molecule has 2 amide bonds. The lowest BCUT2D eigenvalue weighted by Crippen LogP contribution is -2.53. The van der Waals surface area contributed by atoms with Gasteiger partial charge in [0.25, 0.3) is 10.0 Å². The molecule has 4 aromatic rings. The molecule has 7 nitrogen and oxygen atoms in total. The van der Waals surface area contributed by atoms with E-state index >= 15 is 0 Å². The van der Waals surface area contributed by atoms with Crippen LogP contribution in [0.15, 0.2) is 108 Å². The number of benzene rings is 4. The molecular weight excluding hydrogens is 617 g/mol. The van der Waals surface area contributed by atoms with Gasteiger partial charge in [0.1, 0.15) is 12.6 Å². The van der Waals surface area contributed by atoms with Crippen LogP contribution >= 0.6 is 34.8 Å². The lowest BCUT2D eigenvalue weighted by atomic mass is 10.0. The van der Waals surface area contributed by atoms with Crippen LogP contribution < -0.4 is 9.62 Å². The molecule has 0 aliphatic heterocycles. The maximum absolute atomic E-state index is 14.2. The Bertz CT molecular complexity index is 1650. The summed E-state index contributed by atoms with van der Waals surface area (Å²) in [6, 6.07) is 27.1. The second kappa shape index (κ2) is 14.1. The number of halogens is 3. The van der Waals surface area contributed by atoms with Gasteiger partial charge in [-0.3, -0.25) is 13.9 Å². The van der Waals surface area contributed by atoms with Crippen LogP contribution in [0.2, 0.25) is 15.1 Å². The van der Waals surface area contributed by atoms with Gasteiger partial charge in [-0.05, 0) is 65.7 Å². The third-order valence-electron chi connectivity index (χ3n) is 6.54. The van der Waals surface area contributed by atoms with E-state index in [1.54, 1.807) is 42.5 Å². The summed E-state index contributed by atoms with van der Waals surface area (Å²) < 4.78 is 28.9. The smallest absolute Gasteiger partial charge is 0.264 e. The molecule has 0 aromatic heterocycles. The highest BCUT2D eigenvalue weighted by atomic mass is 35.5. The maximum Gasteiger partial charge on any atom is 0.264 e. The molecule has 0 aliphatic rings. The third-order valence-corrected chi connectivity index (χ3v) is 9.05. The first kappa shape index (κ1) is 31.4. The van der Waals surface area contributed by atoms with E-state index in [0.29, 0.717) is 20.6 Å². The zero-order valence-corrected chi connectivity index (χ0v) is 25.7. The zero-order chi connectivity index (χ0) is 30.3. The van der Waals surface area contributed by atoms with Crippen molar-refractivity contribution in [2.45, 2.75) is 23.9 Å². The molecule has 1 N–H and O–H groups in total. The molecule has 4 rings (SSSR count). The highest BCUT2D eigenvalue weighted by molar-refractivity contribution is 7.92. The van der Waals surface area contributed by atoms with Crippen LogP contribution in [-0.4, -0.2) is 44.8 Å². The van der Waals surface area contributed by atoms with Gasteiger partial charge in [0.05, 0.1) is 10.6 Å². The van der Waals surface area contributed by atoms with E-state index in [-0.39, 0.29) is 23.5 Å². The molecule has 0 saturated heterocycles. The predicted octanol–water partition coefficient (Wildman–Crippen LogP) is 6.23. The van der Waals surface area contributed by atoms with E-state index in [1.807, 2.05) is 30.3 Å². The average molecular weight is 645 g/mol. The normalized spacial score (nSPS) is 11.9. The molecule has 11 heteroatoms. The van der Waals surface area contributed by atoms with Gasteiger partial charge in [-0.1, -0.05) is 83.3 Å². The summed E-state index contributed by atoms with van der Waals surface area (Å²) in [6.45, 7) is -0.594. The minimum atomic E-state index is -4.26. The fourth-order valence-corrected chi connectivity index (χ4v) is 6.38. The van der Waals surface area contributed by atoms with Gasteiger partial charge in [-0.2, -0.15) is 0 Å². The third kappa shape index (κ3) is 7.83. The van der Waals surface area contributed by atoms with Gasteiger partial charge >= 0.3 is 0 Å². The number of carbonyl (C=O) groups excluding carboxylic acids is 2. The van der Waals surface area contributed by atoms with Crippen LogP contribution in [0.5, 0.6) is 0 Å². The number of likely N-dealkylation sites (N-methyl/N-ethyl adjacent to an activating group) is 1. The van der Waals surface area contributed by atoms with Crippen LogP contribution in [-0.2, 0) is 32.6 Å². The van der Waals surface area contributed by atoms with Crippen LogP contribution in [0.1, 0.15) is 11.1 Å². The Kier molecular flexibility index (Phi) is 10.5. The highest BCUT2D eigenvalue weighted by Gasteiger charge is 2.34. The van der Waals surface area contributed by atoms with Crippen LogP contribution in [0, 0.1) is 0 Å². The number of hydrogen-bond acceptors (Lipinski definition) is 4. The average Bonchev–Trinajstić information content (AvgIpc) is 2.98. The fourth-order valence-electron chi connectivity index (χ4n) is 4.45. The minimum Gasteiger partial charge on any atom is -0.357 e. The number of carbonyl (C=O) groups is 2. The van der Waals surface area contributed by atoms with Crippen LogP contribution in [0.25, 0.3) is 0 Å². The van der Waals surface area contributed by atoms with Gasteiger partial charge in [0.2, 0.25) is 11.8 Å². The van der Waals surface area contributed by atoms with E-state index in [9.17, 15) is 18.0 Å². The highest BCUT2D eigenvalue weighted by Crippen LogP contribution is 2.28. The van der Waals surface area contributed by atoms with Gasteiger partial charge in [0, 0.05) is 35.1 Å². The first-order valence-electron chi connectivity index (χ1n) is 12.9. The van der Waals surface area contributed by atoms with Gasteiger partial charge in [-0.15, -0.1) is 0 Å². The minimum absolute atomic E-state index is 0.00862. The molecule has 0 bridgehead atoms. The Labute approximate surface area is 260 Å². The molecule has 1 atom stereocenters. The lowest BCUT2D eigenvalue weighted by molar-refractivity contribution is -0.139. The van der Waals surface area contributed by atoms with Crippen molar-refractivity contribution >= 4 is 62.3 Å². The summed E-state index contributed by atoms with van der Waals surface area (Å²) >= 11 is 18.5. The molecule has 4 aromatic carbocycles. The van der Waals surface area contributed by atoms with E-state index in [1.165, 1.54) is 42.3 Å². The Balaban J connectivity index is 1.79. The SMILES string of the molecule is CNC(=O)C(Cc1ccccc1)N(Cc1cccc(Cl)c1)C(=O)CN(c1cccc(Cl)c1)S(=O)(=O)c1ccc(Cl)cc1. The van der Waals surface area contributed by atoms with Crippen LogP contribution in [0.4, 0.5) is 5.69 Å². The molecule has 42 heavy (non-hydrogen) atoms. The molecular formula is C31H28Cl3N3O4S. The quantitative estimate of drug-likeness (QED) is 0.210. The number of nitrogens with zero attached hydrogens (tertiary/aromatic N) is 2. The number of rotatable bonds is 11. The number of sulfonamides is 1. The second-order valence-corrected chi connectivity index (χ2v) is 12.6. The molecule has 0 aliphatic carbocycles. The van der Waals surface area contributed by atoms with Crippen molar-refractivity contribution in [2.24, 2.45) is 0 Å². The Hall–Kier alpha value is -3.56. The van der Waals surface area contributed by atoms with Gasteiger partial charge in [-0.25, -0.2) is 8.42 Å². The number of nitrogens with one attached hydrogen (secondary N) is 1. The van der Waals surface area contributed by atoms with Crippen molar-refractivity contribution in [3.8, 4) is 0 Å². The van der Waals surface area contributed by atoms with Gasteiger partial charge < -0.3 is 10.2 Å². The van der Waals surface area contributed by atoms with Crippen LogP contribution in [0.3, 0.4) is 0 Å². The summed E-state index contributed by atoms with van der Waals surface area (Å²) in [4.78, 5) is 28.8. The molecule has 1 unspecified atom stereocenters. The number of anilines is 1. The largest absolute Gasteiger partial charge is 0.357 e. The fraction of sp³-hybridized carbons (Fsp3) is 0.161. The number of amides is 2. The van der Waals surface area contributed by atoms with E-state index in [2.05, 4.69) is 5.32 Å². The standard InChI is InChI=1S/C31H28Cl3N3O4S/c1-35-31(39)29(18-22-7-3-2-4-8-22)36(20-23-9-5-10-25(33)17-23)30(38)21-37(27-12-6-11-26(34)19-27)42(40,41)28-15-13-24(32)14-16-28/h2-17,19,29H,18,20-21H2,1H3,(H,35,39). The lowest BCUT2D eigenvalue weighted by Gasteiger charge is -2.33. The number of hydrogen-bond donors (Lipinski definition) is 1. The van der Waals surface area contributed by atoms with Crippen molar-refractivity contribution in [3.63, 3.8) is 0 Å². The topological polar surface area (TPSA) is 86.8 Å². The van der Waals surface area contributed by atoms with Crippen molar-refractivity contribution in [1.82, 2.24) is 10.2 Å². The Morgan fingerprint density at radius 3 is 2.00 bits per heavy atom. The molecule has 0 heterocycles. The summed E-state index contributed by atoms with van der Waals surface area (Å²) in [5.74, 6) is -0.999. The molecule has 0 spiro atoms. The van der Waals surface area contributed by atoms with E-state index < -0.39 is 34.4 Å². The van der Waals surface area contributed by atoms with Crippen molar-refractivity contribution in [1.29, 1.82) is 0 Å². The van der Waals surface area contributed by atoms with Crippen molar-refractivity contribution in [2.75, 3.05) is 17.9 Å². The zero-order valence-electron chi connectivity index (χ0n) is 22.6. The first-order valence-corrected chi connectivity index (χ1v) is 15.5. The summed E-state index contributed by atoms with van der Waals surface area (Å²) in [6.07, 6.45) is 0.202. The molecule has 0 saturated carbocycles. The van der Waals surface area contributed by atoms with E-state index in [0.717, 1.165) is 9.87 Å². The summed E-state index contributed by atoms with van der Waals surface area (Å²) in [5.41, 5.74) is 1.69. The predicted molar refractivity (Wildman–Crippen MR) is 167 cm³/mol. The molecule has 0 fully saturated rings. The Morgan fingerprint density at radius 2 is 1.38 bits per heavy atom. The van der Waals surface area contributed by atoms with Gasteiger partial charge in [0.15, 0.2) is 0 Å². The summed E-state index contributed by atoms with van der Waals surface area (Å²) in [7, 11) is -2.77. The van der Waals surface area contributed by atoms with Crippen molar-refractivity contribution < 1.29 is 18.0 Å². The summed E-state index contributed by atoms with van der Waals surface area (Å²) in [5, 5.41) is 3.77. The second-order valence-electron chi connectivity index (χ2n) is 9.42. The molecule has 218 valence electrons. The Morgan fingerprint density at radius 1 is 0.762 bits per heavy atom.